The summed E-state index contributed by atoms with van der Waals surface area (Å²) in [4.78, 5) is 0. The first-order valence-electron chi connectivity index (χ1n) is 3.38. The maximum Gasteiger partial charge on any atom is 0.140 e. The lowest BCUT2D eigenvalue weighted by Crippen LogP contribution is -2.30. The average Bonchev–Trinajstić information content (AvgIpc) is 1.99. The normalized spacial score (nSPS) is 15.2. The Balaban J connectivity index is 3.63. The molecule has 0 radical (unpaired) electrons. The van der Waals surface area contributed by atoms with Crippen LogP contribution in [0, 0.1) is 0 Å². The molecule has 10 heavy (non-hydrogen) atoms. The Labute approximate surface area is 61.1 Å². The molecular weight excluding hydrogens is 130 g/mol. The van der Waals surface area contributed by atoms with Crippen LogP contribution in [0.4, 0.5) is 0 Å². The largest absolute Gasteiger partial charge is 0.409 e. The molecule has 0 saturated heterocycles. The number of nitrogens with two attached hydrogens (primary N) is 1. The van der Waals surface area contributed by atoms with E-state index in [9.17, 15) is 0 Å². The Morgan fingerprint density at radius 3 is 2.70 bits per heavy atom. The lowest BCUT2D eigenvalue weighted by atomic mass is 10.1. The third-order valence-corrected chi connectivity index (χ3v) is 1.49. The molecule has 1 unspecified atom stereocenters. The van der Waals surface area contributed by atoms with Gasteiger partial charge in [0.05, 0.1) is 0 Å². The van der Waals surface area contributed by atoms with Gasteiger partial charge in [-0.15, -0.1) is 0 Å². The van der Waals surface area contributed by atoms with Crippen molar-refractivity contribution in [2.45, 2.75) is 25.8 Å². The zero-order chi connectivity index (χ0) is 7.98. The number of hydrogen-bond donors (Lipinski definition) is 3. The lowest BCUT2D eigenvalue weighted by molar-refractivity contribution is 0.315. The van der Waals surface area contributed by atoms with Crippen molar-refractivity contribution in [3.63, 3.8) is 0 Å². The molecule has 0 amide bonds. The first-order chi connectivity index (χ1) is 4.74. The molecule has 0 bridgehead atoms. The maximum atomic E-state index is 8.21. The fourth-order valence-corrected chi connectivity index (χ4v) is 0.744. The molecule has 0 saturated carbocycles. The summed E-state index contributed by atoms with van der Waals surface area (Å²) in [6.45, 7) is 2.05. The predicted octanol–water partition coefficient (Wildman–Crippen LogP) is 0.121. The van der Waals surface area contributed by atoms with Gasteiger partial charge in [-0.1, -0.05) is 12.1 Å². The topological polar surface area (TPSA) is 70.6 Å². The van der Waals surface area contributed by atoms with Crippen LogP contribution in [0.1, 0.15) is 19.8 Å². The van der Waals surface area contributed by atoms with Crippen LogP contribution in [0.15, 0.2) is 5.16 Å². The van der Waals surface area contributed by atoms with Gasteiger partial charge in [0.15, 0.2) is 0 Å². The molecule has 0 fully saturated rings. The zero-order valence-electron chi connectivity index (χ0n) is 6.46. The molecule has 0 aliphatic heterocycles. The second kappa shape index (κ2) is 5.05. The summed E-state index contributed by atoms with van der Waals surface area (Å²) in [6, 6.07) is 0.316. The molecule has 4 nitrogen and oxygen atoms in total. The van der Waals surface area contributed by atoms with Crippen LogP contribution >= 0.6 is 0 Å². The molecule has 60 valence electrons. The van der Waals surface area contributed by atoms with E-state index in [2.05, 4.69) is 10.5 Å². The Hall–Kier alpha value is -0.770. The molecule has 0 aliphatic rings. The number of nitrogens with zero attached hydrogens (tertiary/aromatic N) is 1. The van der Waals surface area contributed by atoms with Crippen molar-refractivity contribution in [3.8, 4) is 0 Å². The highest BCUT2D eigenvalue weighted by molar-refractivity contribution is 5.80. The molecule has 0 aromatic carbocycles. The number of amidine groups is 1. The fourth-order valence-electron chi connectivity index (χ4n) is 0.744. The Morgan fingerprint density at radius 2 is 2.40 bits per heavy atom. The smallest absolute Gasteiger partial charge is 0.140 e. The second-order valence-electron chi connectivity index (χ2n) is 2.19. The van der Waals surface area contributed by atoms with E-state index in [0.29, 0.717) is 12.5 Å². The molecule has 4 heteroatoms. The summed E-state index contributed by atoms with van der Waals surface area (Å²) in [6.07, 6.45) is 1.58. The summed E-state index contributed by atoms with van der Waals surface area (Å²) in [5.74, 6) is 0.279. The van der Waals surface area contributed by atoms with Crippen LogP contribution in [0.25, 0.3) is 0 Å². The van der Waals surface area contributed by atoms with E-state index in [4.69, 9.17) is 10.9 Å². The van der Waals surface area contributed by atoms with Gasteiger partial charge in [-0.2, -0.15) is 0 Å². The van der Waals surface area contributed by atoms with Crippen LogP contribution in [0.3, 0.4) is 0 Å². The SMILES string of the molecule is CCC(CC(N)=NO)NC. The number of rotatable bonds is 4. The predicted molar refractivity (Wildman–Crippen MR) is 41.2 cm³/mol. The van der Waals surface area contributed by atoms with Crippen LogP contribution in [-0.2, 0) is 0 Å². The van der Waals surface area contributed by atoms with Crippen LogP contribution in [0.5, 0.6) is 0 Å². The van der Waals surface area contributed by atoms with Crippen LogP contribution in [0.2, 0.25) is 0 Å². The first kappa shape index (κ1) is 9.23. The Kier molecular flexibility index (Phi) is 4.66. The van der Waals surface area contributed by atoms with Gasteiger partial charge in [0.25, 0.3) is 0 Å². The van der Waals surface area contributed by atoms with E-state index >= 15 is 0 Å². The van der Waals surface area contributed by atoms with Crippen molar-refractivity contribution in [1.29, 1.82) is 0 Å². The van der Waals surface area contributed by atoms with Gasteiger partial charge in [-0.05, 0) is 13.5 Å². The van der Waals surface area contributed by atoms with Crippen molar-refractivity contribution in [3.05, 3.63) is 0 Å². The summed E-state index contributed by atoms with van der Waals surface area (Å²) in [5.41, 5.74) is 5.28. The third kappa shape index (κ3) is 3.29. The molecule has 0 aromatic heterocycles. The molecule has 0 aromatic rings. The minimum atomic E-state index is 0.279. The molecule has 0 rings (SSSR count). The standard InChI is InChI=1S/C6H15N3O/c1-3-5(8-2)4-6(7)9-10/h5,8,10H,3-4H2,1-2H3,(H2,7,9). The maximum absolute atomic E-state index is 8.21. The van der Waals surface area contributed by atoms with Crippen LogP contribution in [-0.4, -0.2) is 24.1 Å². The monoisotopic (exact) mass is 145 g/mol. The van der Waals surface area contributed by atoms with Crippen molar-refractivity contribution < 1.29 is 5.21 Å². The van der Waals surface area contributed by atoms with Crippen LogP contribution < -0.4 is 11.1 Å². The third-order valence-electron chi connectivity index (χ3n) is 1.49. The first-order valence-corrected chi connectivity index (χ1v) is 3.38. The molecular formula is C6H15N3O. The molecule has 4 N–H and O–H groups in total. The highest BCUT2D eigenvalue weighted by Gasteiger charge is 2.04. The van der Waals surface area contributed by atoms with Gasteiger partial charge in [-0.25, -0.2) is 0 Å². The summed E-state index contributed by atoms with van der Waals surface area (Å²) < 4.78 is 0. The molecule has 0 aliphatic carbocycles. The van der Waals surface area contributed by atoms with E-state index in [0.717, 1.165) is 6.42 Å². The van der Waals surface area contributed by atoms with E-state index in [1.54, 1.807) is 0 Å². The molecule has 0 spiro atoms. The van der Waals surface area contributed by atoms with Crippen molar-refractivity contribution in [2.24, 2.45) is 10.9 Å². The van der Waals surface area contributed by atoms with Crippen molar-refractivity contribution in [1.82, 2.24) is 5.32 Å². The minimum absolute atomic E-state index is 0.279. The van der Waals surface area contributed by atoms with E-state index < -0.39 is 0 Å². The summed E-state index contributed by atoms with van der Waals surface area (Å²) in [5, 5.41) is 14.1. The van der Waals surface area contributed by atoms with E-state index in [1.807, 2.05) is 14.0 Å². The second-order valence-corrected chi connectivity index (χ2v) is 2.19. The van der Waals surface area contributed by atoms with Gasteiger partial charge < -0.3 is 16.3 Å². The summed E-state index contributed by atoms with van der Waals surface area (Å²) >= 11 is 0. The van der Waals surface area contributed by atoms with E-state index in [-0.39, 0.29) is 5.84 Å². The Morgan fingerprint density at radius 1 is 1.80 bits per heavy atom. The zero-order valence-corrected chi connectivity index (χ0v) is 6.46. The number of oxime groups is 1. The van der Waals surface area contributed by atoms with Gasteiger partial charge >= 0.3 is 0 Å². The quantitative estimate of drug-likeness (QED) is 0.228. The molecule has 1 atom stereocenters. The van der Waals surface area contributed by atoms with Gasteiger partial charge in [-0.3, -0.25) is 0 Å². The van der Waals surface area contributed by atoms with Crippen molar-refractivity contribution >= 4 is 5.84 Å². The highest BCUT2D eigenvalue weighted by atomic mass is 16.4. The van der Waals surface area contributed by atoms with Gasteiger partial charge in [0.1, 0.15) is 5.84 Å². The molecule has 0 heterocycles. The average molecular weight is 145 g/mol. The lowest BCUT2D eigenvalue weighted by Gasteiger charge is -2.11. The Bertz CT molecular complexity index is 110. The minimum Gasteiger partial charge on any atom is -0.409 e. The number of hydrogen-bond acceptors (Lipinski definition) is 3. The van der Waals surface area contributed by atoms with Crippen molar-refractivity contribution in [2.75, 3.05) is 7.05 Å². The fraction of sp³-hybridized carbons (Fsp3) is 0.833. The van der Waals surface area contributed by atoms with Gasteiger partial charge in [0, 0.05) is 12.5 Å². The van der Waals surface area contributed by atoms with E-state index in [1.165, 1.54) is 0 Å². The van der Waals surface area contributed by atoms with Gasteiger partial charge in [0.2, 0.25) is 0 Å². The highest BCUT2D eigenvalue weighted by Crippen LogP contribution is 1.95. The number of nitrogens with one attached hydrogen (secondary N) is 1. The summed E-state index contributed by atoms with van der Waals surface area (Å²) in [7, 11) is 1.86.